The van der Waals surface area contributed by atoms with Crippen molar-refractivity contribution in [3.8, 4) is 0 Å². The molecule has 7 nitrogen and oxygen atoms in total. The van der Waals surface area contributed by atoms with Crippen LogP contribution >= 0.6 is 11.6 Å². The molecular formula is C8H6ClN5O2. The largest absolute Gasteiger partial charge is 0.273 e. The highest BCUT2D eigenvalue weighted by atomic mass is 35.5. The van der Waals surface area contributed by atoms with Crippen LogP contribution in [0.2, 0.25) is 5.02 Å². The van der Waals surface area contributed by atoms with Gasteiger partial charge in [0, 0.05) is 23.1 Å². The van der Waals surface area contributed by atoms with Crippen molar-refractivity contribution in [3.63, 3.8) is 0 Å². The van der Waals surface area contributed by atoms with Gasteiger partial charge in [-0.25, -0.2) is 0 Å². The summed E-state index contributed by atoms with van der Waals surface area (Å²) >= 11 is 5.77. The monoisotopic (exact) mass is 239 g/mol. The molecule has 0 saturated heterocycles. The maximum absolute atomic E-state index is 10.8. The Bertz CT molecular complexity index is 513. The van der Waals surface area contributed by atoms with Crippen molar-refractivity contribution in [1.29, 1.82) is 0 Å². The number of benzene rings is 1. The number of nitro benzene ring substituents is 1. The summed E-state index contributed by atoms with van der Waals surface area (Å²) in [6.07, 6.45) is 0.216. The Morgan fingerprint density at radius 1 is 1.50 bits per heavy atom. The summed E-state index contributed by atoms with van der Waals surface area (Å²) in [5.74, 6) is 0.380. The van der Waals surface area contributed by atoms with Crippen molar-refractivity contribution >= 4 is 17.3 Å². The van der Waals surface area contributed by atoms with Crippen LogP contribution in [0.1, 0.15) is 11.4 Å². The van der Waals surface area contributed by atoms with Crippen LogP contribution in [-0.2, 0) is 6.42 Å². The van der Waals surface area contributed by atoms with Crippen molar-refractivity contribution in [1.82, 2.24) is 20.6 Å². The van der Waals surface area contributed by atoms with E-state index < -0.39 is 4.92 Å². The molecule has 1 heterocycles. The number of nitro groups is 1. The van der Waals surface area contributed by atoms with Gasteiger partial charge in [0.1, 0.15) is 0 Å². The van der Waals surface area contributed by atoms with Gasteiger partial charge >= 0.3 is 0 Å². The number of halogens is 1. The number of nitrogens with one attached hydrogen (secondary N) is 1. The average Bonchev–Trinajstić information content (AvgIpc) is 2.70. The molecule has 0 fully saturated rings. The Kier molecular flexibility index (Phi) is 2.78. The van der Waals surface area contributed by atoms with E-state index in [1.54, 1.807) is 0 Å². The normalized spacial score (nSPS) is 10.3. The van der Waals surface area contributed by atoms with Gasteiger partial charge in [0.2, 0.25) is 0 Å². The third kappa shape index (κ3) is 2.14. The number of tetrazole rings is 1. The Hall–Kier alpha value is -2.02. The third-order valence-corrected chi connectivity index (χ3v) is 2.21. The second-order valence-electron chi connectivity index (χ2n) is 3.03. The summed E-state index contributed by atoms with van der Waals surface area (Å²) in [5.41, 5.74) is 0.452. The molecule has 2 rings (SSSR count). The predicted molar refractivity (Wildman–Crippen MR) is 55.1 cm³/mol. The van der Waals surface area contributed by atoms with Crippen LogP contribution in [0.3, 0.4) is 0 Å². The zero-order valence-electron chi connectivity index (χ0n) is 7.92. The fraction of sp³-hybridized carbons (Fsp3) is 0.125. The Morgan fingerprint density at radius 2 is 2.31 bits per heavy atom. The molecule has 0 spiro atoms. The van der Waals surface area contributed by atoms with E-state index in [-0.39, 0.29) is 12.1 Å². The zero-order valence-corrected chi connectivity index (χ0v) is 8.68. The van der Waals surface area contributed by atoms with Gasteiger partial charge in [-0.05, 0) is 12.1 Å². The highest BCUT2D eigenvalue weighted by Crippen LogP contribution is 2.24. The minimum atomic E-state index is -0.467. The van der Waals surface area contributed by atoms with Crippen molar-refractivity contribution in [2.75, 3.05) is 0 Å². The van der Waals surface area contributed by atoms with Gasteiger partial charge in [0.15, 0.2) is 5.82 Å². The molecule has 1 N–H and O–H groups in total. The maximum Gasteiger partial charge on any atom is 0.273 e. The number of hydrogen-bond acceptors (Lipinski definition) is 5. The Balaban J connectivity index is 2.38. The number of hydrogen-bond donors (Lipinski definition) is 1. The minimum Gasteiger partial charge on any atom is -0.258 e. The summed E-state index contributed by atoms with van der Waals surface area (Å²) in [5, 5.41) is 24.3. The summed E-state index contributed by atoms with van der Waals surface area (Å²) in [4.78, 5) is 10.3. The second kappa shape index (κ2) is 4.23. The standard InChI is InChI=1S/C8H6ClN5O2/c9-6-1-2-7(14(15)16)5(3-6)4-8-10-12-13-11-8/h1-3H,4H2,(H,10,11,12,13). The molecule has 0 bridgehead atoms. The molecule has 0 saturated carbocycles. The lowest BCUT2D eigenvalue weighted by atomic mass is 10.1. The fourth-order valence-electron chi connectivity index (χ4n) is 1.30. The van der Waals surface area contributed by atoms with Gasteiger partial charge in [-0.15, -0.1) is 10.2 Å². The van der Waals surface area contributed by atoms with E-state index in [0.717, 1.165) is 0 Å². The third-order valence-electron chi connectivity index (χ3n) is 1.98. The molecule has 0 aliphatic rings. The van der Waals surface area contributed by atoms with Gasteiger partial charge in [-0.1, -0.05) is 16.8 Å². The van der Waals surface area contributed by atoms with E-state index in [1.165, 1.54) is 18.2 Å². The lowest BCUT2D eigenvalue weighted by Gasteiger charge is -2.00. The molecule has 0 unspecified atom stereocenters. The highest BCUT2D eigenvalue weighted by molar-refractivity contribution is 6.30. The van der Waals surface area contributed by atoms with Crippen LogP contribution < -0.4 is 0 Å². The molecule has 0 amide bonds. The summed E-state index contributed by atoms with van der Waals surface area (Å²) in [6, 6.07) is 4.35. The highest BCUT2D eigenvalue weighted by Gasteiger charge is 2.15. The van der Waals surface area contributed by atoms with Crippen molar-refractivity contribution in [2.45, 2.75) is 6.42 Å². The van der Waals surface area contributed by atoms with Crippen LogP contribution in [-0.4, -0.2) is 25.5 Å². The van der Waals surface area contributed by atoms with E-state index in [2.05, 4.69) is 20.6 Å². The van der Waals surface area contributed by atoms with Crippen LogP contribution in [0.4, 0.5) is 5.69 Å². The van der Waals surface area contributed by atoms with E-state index in [9.17, 15) is 10.1 Å². The molecule has 1 aromatic heterocycles. The van der Waals surface area contributed by atoms with Crippen molar-refractivity contribution in [2.24, 2.45) is 0 Å². The molecule has 82 valence electrons. The van der Waals surface area contributed by atoms with E-state index in [4.69, 9.17) is 11.6 Å². The van der Waals surface area contributed by atoms with Gasteiger partial charge in [0.05, 0.1) is 4.92 Å². The molecule has 0 aliphatic heterocycles. The summed E-state index contributed by atoms with van der Waals surface area (Å²) in [6.45, 7) is 0. The zero-order chi connectivity index (χ0) is 11.5. The number of nitrogens with zero attached hydrogens (tertiary/aromatic N) is 4. The number of rotatable bonds is 3. The SMILES string of the molecule is O=[N+]([O-])c1ccc(Cl)cc1Cc1nn[nH]n1. The molecule has 16 heavy (non-hydrogen) atoms. The number of aromatic nitrogens is 4. The number of H-pyrrole nitrogens is 1. The second-order valence-corrected chi connectivity index (χ2v) is 3.47. The van der Waals surface area contributed by atoms with Gasteiger partial charge < -0.3 is 0 Å². The molecule has 8 heteroatoms. The topological polar surface area (TPSA) is 97.6 Å². The van der Waals surface area contributed by atoms with Crippen molar-refractivity contribution < 1.29 is 4.92 Å². The molecule has 0 aliphatic carbocycles. The number of aromatic amines is 1. The van der Waals surface area contributed by atoms with Crippen LogP contribution in [0.15, 0.2) is 18.2 Å². The molecular weight excluding hydrogens is 234 g/mol. The minimum absolute atomic E-state index is 0.00537. The van der Waals surface area contributed by atoms with E-state index in [1.807, 2.05) is 0 Å². The Morgan fingerprint density at radius 3 is 2.94 bits per heavy atom. The smallest absolute Gasteiger partial charge is 0.258 e. The van der Waals surface area contributed by atoms with Crippen molar-refractivity contribution in [3.05, 3.63) is 44.7 Å². The maximum atomic E-state index is 10.8. The van der Waals surface area contributed by atoms with Crippen LogP contribution in [0.5, 0.6) is 0 Å². The first-order chi connectivity index (χ1) is 7.66. The summed E-state index contributed by atoms with van der Waals surface area (Å²) < 4.78 is 0. The van der Waals surface area contributed by atoms with Gasteiger partial charge in [-0.2, -0.15) is 5.21 Å². The molecule has 1 aromatic carbocycles. The average molecular weight is 240 g/mol. The fourth-order valence-corrected chi connectivity index (χ4v) is 1.50. The lowest BCUT2D eigenvalue weighted by molar-refractivity contribution is -0.385. The van der Waals surface area contributed by atoms with E-state index >= 15 is 0 Å². The summed E-state index contributed by atoms with van der Waals surface area (Å²) in [7, 11) is 0. The van der Waals surface area contributed by atoms with Gasteiger partial charge in [-0.3, -0.25) is 10.1 Å². The van der Waals surface area contributed by atoms with E-state index in [0.29, 0.717) is 16.4 Å². The molecule has 2 aromatic rings. The first-order valence-electron chi connectivity index (χ1n) is 4.32. The molecule has 0 atom stereocenters. The molecule has 0 radical (unpaired) electrons. The Labute approximate surface area is 94.6 Å². The van der Waals surface area contributed by atoms with Crippen LogP contribution in [0.25, 0.3) is 0 Å². The predicted octanol–water partition coefficient (Wildman–Crippen LogP) is 1.35. The first kappa shape index (κ1) is 10.5. The van der Waals surface area contributed by atoms with Gasteiger partial charge in [0.25, 0.3) is 5.69 Å². The quantitative estimate of drug-likeness (QED) is 0.644. The first-order valence-corrected chi connectivity index (χ1v) is 4.70. The van der Waals surface area contributed by atoms with Crippen LogP contribution in [0, 0.1) is 10.1 Å². The lowest BCUT2D eigenvalue weighted by Crippen LogP contribution is -1.98.